The lowest BCUT2D eigenvalue weighted by atomic mass is 9.97. The van der Waals surface area contributed by atoms with Crippen molar-refractivity contribution < 1.29 is 14.7 Å². The molecule has 0 aromatic heterocycles. The molecule has 0 aliphatic heterocycles. The molecular formula is C14H13NO3. The molecule has 4 nitrogen and oxygen atoms in total. The summed E-state index contributed by atoms with van der Waals surface area (Å²) in [6.07, 6.45) is -1.06. The highest BCUT2D eigenvalue weighted by Gasteiger charge is 2.09. The van der Waals surface area contributed by atoms with Crippen molar-refractivity contribution >= 4 is 22.6 Å². The van der Waals surface area contributed by atoms with Crippen LogP contribution in [0.2, 0.25) is 0 Å². The standard InChI is InChI=1S/C14H13NO3/c1-9(16)11-7-6-10(8-15-14(17)18)12-4-2-3-5-13(11)12/h2-7,15H,8H2,1H3,(H,17,18). The van der Waals surface area contributed by atoms with Crippen molar-refractivity contribution in [1.82, 2.24) is 5.32 Å². The minimum Gasteiger partial charge on any atom is -0.465 e. The second-order valence-electron chi connectivity index (χ2n) is 4.03. The molecule has 0 saturated carbocycles. The lowest BCUT2D eigenvalue weighted by molar-refractivity contribution is 0.101. The van der Waals surface area contributed by atoms with Crippen LogP contribution in [0.15, 0.2) is 36.4 Å². The molecule has 0 radical (unpaired) electrons. The zero-order chi connectivity index (χ0) is 13.1. The van der Waals surface area contributed by atoms with Gasteiger partial charge in [-0.1, -0.05) is 36.4 Å². The molecule has 0 aliphatic rings. The summed E-state index contributed by atoms with van der Waals surface area (Å²) in [4.78, 5) is 22.0. The minimum absolute atomic E-state index is 0.00365. The molecule has 0 aliphatic carbocycles. The van der Waals surface area contributed by atoms with Crippen LogP contribution in [0.1, 0.15) is 22.8 Å². The molecule has 1 amide bonds. The maximum atomic E-state index is 11.5. The molecule has 2 aromatic rings. The fraction of sp³-hybridized carbons (Fsp3) is 0.143. The highest BCUT2D eigenvalue weighted by atomic mass is 16.4. The van der Waals surface area contributed by atoms with Crippen LogP contribution in [-0.4, -0.2) is 17.0 Å². The average molecular weight is 243 g/mol. The molecule has 18 heavy (non-hydrogen) atoms. The summed E-state index contributed by atoms with van der Waals surface area (Å²) in [5, 5.41) is 12.7. The molecule has 0 unspecified atom stereocenters. The quantitative estimate of drug-likeness (QED) is 0.814. The Morgan fingerprint density at radius 3 is 2.39 bits per heavy atom. The number of rotatable bonds is 3. The highest BCUT2D eigenvalue weighted by molar-refractivity contribution is 6.07. The van der Waals surface area contributed by atoms with Crippen LogP contribution in [0.5, 0.6) is 0 Å². The number of carboxylic acid groups (broad SMARTS) is 1. The van der Waals surface area contributed by atoms with Crippen LogP contribution in [0.3, 0.4) is 0 Å². The van der Waals surface area contributed by atoms with E-state index in [0.29, 0.717) is 5.56 Å². The van der Waals surface area contributed by atoms with E-state index in [4.69, 9.17) is 5.11 Å². The predicted molar refractivity (Wildman–Crippen MR) is 68.8 cm³/mol. The summed E-state index contributed by atoms with van der Waals surface area (Å²) in [6.45, 7) is 1.75. The molecule has 0 fully saturated rings. The van der Waals surface area contributed by atoms with Gasteiger partial charge in [0.15, 0.2) is 5.78 Å². The number of hydrogen-bond donors (Lipinski definition) is 2. The van der Waals surface area contributed by atoms with Crippen LogP contribution in [0.4, 0.5) is 4.79 Å². The first-order valence-corrected chi connectivity index (χ1v) is 5.58. The zero-order valence-corrected chi connectivity index (χ0v) is 9.93. The third-order valence-electron chi connectivity index (χ3n) is 2.82. The van der Waals surface area contributed by atoms with Gasteiger partial charge in [-0.15, -0.1) is 0 Å². The SMILES string of the molecule is CC(=O)c1ccc(CNC(=O)O)c2ccccc12. The number of carbonyl (C=O) groups excluding carboxylic acids is 1. The van der Waals surface area contributed by atoms with Crippen molar-refractivity contribution in [2.75, 3.05) is 0 Å². The van der Waals surface area contributed by atoms with Crippen LogP contribution >= 0.6 is 0 Å². The highest BCUT2D eigenvalue weighted by Crippen LogP contribution is 2.23. The zero-order valence-electron chi connectivity index (χ0n) is 9.93. The molecule has 92 valence electrons. The van der Waals surface area contributed by atoms with E-state index in [2.05, 4.69) is 5.32 Å². The van der Waals surface area contributed by atoms with Crippen molar-refractivity contribution in [1.29, 1.82) is 0 Å². The third kappa shape index (κ3) is 2.32. The number of benzene rings is 2. The molecule has 4 heteroatoms. The van der Waals surface area contributed by atoms with Gasteiger partial charge < -0.3 is 10.4 Å². The number of carbonyl (C=O) groups is 2. The van der Waals surface area contributed by atoms with Gasteiger partial charge in [0.2, 0.25) is 0 Å². The Kier molecular flexibility index (Phi) is 3.28. The fourth-order valence-corrected chi connectivity index (χ4v) is 1.99. The van der Waals surface area contributed by atoms with Crippen molar-refractivity contribution in [3.8, 4) is 0 Å². The van der Waals surface area contributed by atoms with Crippen LogP contribution in [0.25, 0.3) is 10.8 Å². The largest absolute Gasteiger partial charge is 0.465 e. The Hall–Kier alpha value is -2.36. The number of amides is 1. The van der Waals surface area contributed by atoms with Gasteiger partial charge in [-0.3, -0.25) is 4.79 Å². The molecule has 0 spiro atoms. The molecule has 0 saturated heterocycles. The van der Waals surface area contributed by atoms with Gasteiger partial charge in [0.1, 0.15) is 0 Å². The van der Waals surface area contributed by atoms with Crippen molar-refractivity contribution in [3.05, 3.63) is 47.5 Å². The summed E-state index contributed by atoms with van der Waals surface area (Å²) in [5.41, 5.74) is 1.52. The van der Waals surface area contributed by atoms with E-state index in [1.807, 2.05) is 24.3 Å². The molecule has 0 heterocycles. The first-order chi connectivity index (χ1) is 8.59. The van der Waals surface area contributed by atoms with Crippen LogP contribution in [0, 0.1) is 0 Å². The summed E-state index contributed by atoms with van der Waals surface area (Å²) >= 11 is 0. The Balaban J connectivity index is 2.53. The first kappa shape index (κ1) is 12.1. The second kappa shape index (κ2) is 4.87. The average Bonchev–Trinajstić information content (AvgIpc) is 2.35. The van der Waals surface area contributed by atoms with Gasteiger partial charge in [0.25, 0.3) is 0 Å². The Labute approximate surface area is 104 Å². The van der Waals surface area contributed by atoms with Gasteiger partial charge in [0.05, 0.1) is 0 Å². The normalized spacial score (nSPS) is 10.3. The van der Waals surface area contributed by atoms with E-state index in [0.717, 1.165) is 16.3 Å². The molecular weight excluding hydrogens is 230 g/mol. The lowest BCUT2D eigenvalue weighted by Gasteiger charge is -2.09. The molecule has 0 bridgehead atoms. The summed E-state index contributed by atoms with van der Waals surface area (Å²) < 4.78 is 0. The maximum absolute atomic E-state index is 11.5. The van der Waals surface area contributed by atoms with Gasteiger partial charge in [0, 0.05) is 12.1 Å². The van der Waals surface area contributed by atoms with Crippen LogP contribution in [-0.2, 0) is 6.54 Å². The number of ketones is 1. The minimum atomic E-state index is -1.06. The van der Waals surface area contributed by atoms with E-state index in [1.54, 1.807) is 12.1 Å². The van der Waals surface area contributed by atoms with E-state index in [-0.39, 0.29) is 12.3 Å². The lowest BCUT2D eigenvalue weighted by Crippen LogP contribution is -2.20. The number of fused-ring (bicyclic) bond motifs is 1. The third-order valence-corrected chi connectivity index (χ3v) is 2.82. The molecule has 2 N–H and O–H groups in total. The van der Waals surface area contributed by atoms with Gasteiger partial charge >= 0.3 is 6.09 Å². The van der Waals surface area contributed by atoms with Gasteiger partial charge in [-0.2, -0.15) is 0 Å². The smallest absolute Gasteiger partial charge is 0.404 e. The summed E-state index contributed by atoms with van der Waals surface area (Å²) in [7, 11) is 0. The van der Waals surface area contributed by atoms with E-state index >= 15 is 0 Å². The van der Waals surface area contributed by atoms with Crippen molar-refractivity contribution in [2.24, 2.45) is 0 Å². The van der Waals surface area contributed by atoms with Gasteiger partial charge in [-0.25, -0.2) is 4.79 Å². The van der Waals surface area contributed by atoms with Crippen LogP contribution < -0.4 is 5.32 Å². The number of nitrogens with one attached hydrogen (secondary N) is 1. The number of hydrogen-bond acceptors (Lipinski definition) is 2. The summed E-state index contributed by atoms with van der Waals surface area (Å²) in [5.74, 6) is 0.00365. The van der Waals surface area contributed by atoms with Crippen molar-refractivity contribution in [3.63, 3.8) is 0 Å². The topological polar surface area (TPSA) is 66.4 Å². The Morgan fingerprint density at radius 1 is 1.11 bits per heavy atom. The van der Waals surface area contributed by atoms with E-state index in [1.165, 1.54) is 6.92 Å². The Morgan fingerprint density at radius 2 is 1.78 bits per heavy atom. The first-order valence-electron chi connectivity index (χ1n) is 5.58. The molecule has 2 aromatic carbocycles. The monoisotopic (exact) mass is 243 g/mol. The summed E-state index contributed by atoms with van der Waals surface area (Å²) in [6, 6.07) is 11.0. The van der Waals surface area contributed by atoms with Crippen molar-refractivity contribution in [2.45, 2.75) is 13.5 Å². The molecule has 0 atom stereocenters. The number of Topliss-reactive ketones (excluding diaryl/α,β-unsaturated/α-hetero) is 1. The second-order valence-corrected chi connectivity index (χ2v) is 4.03. The maximum Gasteiger partial charge on any atom is 0.404 e. The molecule has 2 rings (SSSR count). The van der Waals surface area contributed by atoms with E-state index in [9.17, 15) is 9.59 Å². The van der Waals surface area contributed by atoms with Gasteiger partial charge in [-0.05, 0) is 23.3 Å². The predicted octanol–water partition coefficient (Wildman–Crippen LogP) is 2.81. The Bertz CT molecular complexity index is 619. The van der Waals surface area contributed by atoms with E-state index < -0.39 is 6.09 Å². The fourth-order valence-electron chi connectivity index (χ4n) is 1.99.